The molecular weight excluding hydrogens is 234 g/mol. The first-order valence-corrected chi connectivity index (χ1v) is 6.10. The summed E-state index contributed by atoms with van der Waals surface area (Å²) in [5, 5.41) is 8.85. The molecule has 0 atom stereocenters. The van der Waals surface area contributed by atoms with Crippen LogP contribution in [0.15, 0.2) is 24.5 Å². The number of rotatable bonds is 3. The second-order valence-corrected chi connectivity index (χ2v) is 5.09. The van der Waals surface area contributed by atoms with E-state index in [1.165, 1.54) is 0 Å². The number of hydrogen-bond donors (Lipinski definition) is 0. The van der Waals surface area contributed by atoms with Gasteiger partial charge in [-0.05, 0) is 30.5 Å². The van der Waals surface area contributed by atoms with E-state index >= 15 is 0 Å². The van der Waals surface area contributed by atoms with Gasteiger partial charge in [-0.25, -0.2) is 0 Å². The molecule has 0 aliphatic heterocycles. The average Bonchev–Trinajstić information content (AvgIpc) is 2.65. The molecule has 1 heterocycles. The lowest BCUT2D eigenvalue weighted by molar-refractivity contribution is 0.525. The van der Waals surface area contributed by atoms with E-state index < -0.39 is 0 Å². The van der Waals surface area contributed by atoms with Crippen molar-refractivity contribution in [2.45, 2.75) is 27.3 Å². The first kappa shape index (κ1) is 12.1. The van der Waals surface area contributed by atoms with Crippen molar-refractivity contribution in [1.82, 2.24) is 14.8 Å². The zero-order valence-electron chi connectivity index (χ0n) is 10.3. The van der Waals surface area contributed by atoms with Crippen LogP contribution in [-0.4, -0.2) is 14.8 Å². The molecule has 0 N–H and O–H groups in total. The van der Waals surface area contributed by atoms with Crippen LogP contribution >= 0.6 is 11.6 Å². The summed E-state index contributed by atoms with van der Waals surface area (Å²) in [7, 11) is 0. The molecular formula is C13H16ClN3. The van der Waals surface area contributed by atoms with E-state index in [1.54, 1.807) is 6.33 Å². The Labute approximate surface area is 106 Å². The molecule has 0 amide bonds. The number of aryl methyl sites for hydroxylation is 1. The molecule has 4 heteroatoms. The topological polar surface area (TPSA) is 30.7 Å². The normalized spacial score (nSPS) is 11.1. The Bertz CT molecular complexity index is 517. The second-order valence-electron chi connectivity index (χ2n) is 4.68. The molecule has 0 spiro atoms. The van der Waals surface area contributed by atoms with Crippen LogP contribution in [0.4, 0.5) is 0 Å². The predicted octanol–water partition coefficient (Wildman–Crippen LogP) is 3.56. The molecule has 2 rings (SSSR count). The summed E-state index contributed by atoms with van der Waals surface area (Å²) in [5.74, 6) is 1.39. The van der Waals surface area contributed by atoms with Gasteiger partial charge in [0.2, 0.25) is 0 Å². The quantitative estimate of drug-likeness (QED) is 0.833. The zero-order valence-corrected chi connectivity index (χ0v) is 11.1. The van der Waals surface area contributed by atoms with Crippen LogP contribution in [0.5, 0.6) is 0 Å². The minimum absolute atomic E-state index is 0.550. The lowest BCUT2D eigenvalue weighted by Gasteiger charge is -2.10. The summed E-state index contributed by atoms with van der Waals surface area (Å²) >= 11 is 6.25. The molecule has 2 aromatic rings. The van der Waals surface area contributed by atoms with Crippen LogP contribution < -0.4 is 0 Å². The van der Waals surface area contributed by atoms with Gasteiger partial charge in [-0.1, -0.05) is 31.5 Å². The Balaban J connectivity index is 2.42. The standard InChI is InChI=1S/C13H16ClN3/c1-9(2)7-17-8-15-16-13(17)11-5-4-10(3)6-12(11)14/h4-6,8-9H,7H2,1-3H3. The number of hydrogen-bond acceptors (Lipinski definition) is 2. The summed E-state index contributed by atoms with van der Waals surface area (Å²) < 4.78 is 2.04. The molecule has 1 aromatic carbocycles. The number of aromatic nitrogens is 3. The molecule has 17 heavy (non-hydrogen) atoms. The van der Waals surface area contributed by atoms with Gasteiger partial charge in [-0.15, -0.1) is 10.2 Å². The van der Waals surface area contributed by atoms with Crippen LogP contribution in [0.2, 0.25) is 5.02 Å². The highest BCUT2D eigenvalue weighted by Gasteiger charge is 2.11. The van der Waals surface area contributed by atoms with E-state index in [1.807, 2.05) is 29.7 Å². The molecule has 0 aliphatic carbocycles. The van der Waals surface area contributed by atoms with Gasteiger partial charge in [-0.2, -0.15) is 0 Å². The first-order chi connectivity index (χ1) is 8.08. The summed E-state index contributed by atoms with van der Waals surface area (Å²) in [6.45, 7) is 7.25. The van der Waals surface area contributed by atoms with Gasteiger partial charge in [-0.3, -0.25) is 0 Å². The van der Waals surface area contributed by atoms with Crippen molar-refractivity contribution < 1.29 is 0 Å². The Morgan fingerprint density at radius 2 is 2.12 bits per heavy atom. The van der Waals surface area contributed by atoms with Crippen molar-refractivity contribution in [2.24, 2.45) is 5.92 Å². The molecule has 90 valence electrons. The fourth-order valence-corrected chi connectivity index (χ4v) is 2.11. The van der Waals surface area contributed by atoms with Crippen LogP contribution in [0, 0.1) is 12.8 Å². The van der Waals surface area contributed by atoms with Gasteiger partial charge in [0.15, 0.2) is 5.82 Å². The van der Waals surface area contributed by atoms with E-state index in [9.17, 15) is 0 Å². The molecule has 0 saturated heterocycles. The minimum Gasteiger partial charge on any atom is -0.313 e. The van der Waals surface area contributed by atoms with Gasteiger partial charge in [0.1, 0.15) is 6.33 Å². The lowest BCUT2D eigenvalue weighted by atomic mass is 10.1. The van der Waals surface area contributed by atoms with E-state index in [0.717, 1.165) is 28.5 Å². The van der Waals surface area contributed by atoms with Crippen LogP contribution in [0.1, 0.15) is 19.4 Å². The summed E-state index contributed by atoms with van der Waals surface area (Å²) in [5.41, 5.74) is 2.09. The highest BCUT2D eigenvalue weighted by molar-refractivity contribution is 6.33. The molecule has 0 fully saturated rings. The van der Waals surface area contributed by atoms with Crippen molar-refractivity contribution in [2.75, 3.05) is 0 Å². The second kappa shape index (κ2) is 4.88. The number of nitrogens with zero attached hydrogens (tertiary/aromatic N) is 3. The third-order valence-electron chi connectivity index (χ3n) is 2.54. The smallest absolute Gasteiger partial charge is 0.165 e. The lowest BCUT2D eigenvalue weighted by Crippen LogP contribution is -2.05. The summed E-state index contributed by atoms with van der Waals surface area (Å²) in [6, 6.07) is 5.99. The predicted molar refractivity (Wildman–Crippen MR) is 70.0 cm³/mol. The summed E-state index contributed by atoms with van der Waals surface area (Å²) in [4.78, 5) is 0. The Kier molecular flexibility index (Phi) is 3.48. The van der Waals surface area contributed by atoms with Gasteiger partial charge in [0.05, 0.1) is 5.02 Å². The maximum atomic E-state index is 6.25. The minimum atomic E-state index is 0.550. The Morgan fingerprint density at radius 3 is 2.76 bits per heavy atom. The molecule has 0 radical (unpaired) electrons. The molecule has 0 unspecified atom stereocenters. The van der Waals surface area contributed by atoms with Crippen molar-refractivity contribution in [3.63, 3.8) is 0 Å². The fourth-order valence-electron chi connectivity index (χ4n) is 1.79. The third-order valence-corrected chi connectivity index (χ3v) is 2.86. The highest BCUT2D eigenvalue weighted by Crippen LogP contribution is 2.27. The summed E-state index contributed by atoms with van der Waals surface area (Å²) in [6.07, 6.45) is 1.76. The third kappa shape index (κ3) is 2.67. The van der Waals surface area contributed by atoms with E-state index in [4.69, 9.17) is 11.6 Å². The molecule has 0 bridgehead atoms. The van der Waals surface area contributed by atoms with Crippen molar-refractivity contribution in [3.05, 3.63) is 35.1 Å². The van der Waals surface area contributed by atoms with E-state index in [-0.39, 0.29) is 0 Å². The monoisotopic (exact) mass is 249 g/mol. The molecule has 3 nitrogen and oxygen atoms in total. The fraction of sp³-hybridized carbons (Fsp3) is 0.385. The molecule has 1 aromatic heterocycles. The highest BCUT2D eigenvalue weighted by atomic mass is 35.5. The first-order valence-electron chi connectivity index (χ1n) is 5.72. The maximum Gasteiger partial charge on any atom is 0.165 e. The van der Waals surface area contributed by atoms with Gasteiger partial charge in [0, 0.05) is 12.1 Å². The van der Waals surface area contributed by atoms with E-state index in [2.05, 4.69) is 24.0 Å². The van der Waals surface area contributed by atoms with Gasteiger partial charge >= 0.3 is 0 Å². The van der Waals surface area contributed by atoms with E-state index in [0.29, 0.717) is 5.92 Å². The Morgan fingerprint density at radius 1 is 1.35 bits per heavy atom. The largest absolute Gasteiger partial charge is 0.313 e. The zero-order chi connectivity index (χ0) is 12.4. The number of halogens is 1. The Hall–Kier alpha value is -1.35. The van der Waals surface area contributed by atoms with Crippen molar-refractivity contribution >= 4 is 11.6 Å². The van der Waals surface area contributed by atoms with Crippen LogP contribution in [0.3, 0.4) is 0 Å². The maximum absolute atomic E-state index is 6.25. The average molecular weight is 250 g/mol. The van der Waals surface area contributed by atoms with Gasteiger partial charge < -0.3 is 4.57 Å². The molecule has 0 aliphatic rings. The van der Waals surface area contributed by atoms with Crippen molar-refractivity contribution in [1.29, 1.82) is 0 Å². The van der Waals surface area contributed by atoms with Crippen LogP contribution in [-0.2, 0) is 6.54 Å². The number of benzene rings is 1. The van der Waals surface area contributed by atoms with Crippen LogP contribution in [0.25, 0.3) is 11.4 Å². The SMILES string of the molecule is Cc1ccc(-c2nncn2CC(C)C)c(Cl)c1. The molecule has 0 saturated carbocycles. The van der Waals surface area contributed by atoms with Gasteiger partial charge in [0.25, 0.3) is 0 Å². The van der Waals surface area contributed by atoms with Crippen molar-refractivity contribution in [3.8, 4) is 11.4 Å².